The fourth-order valence-corrected chi connectivity index (χ4v) is 5.16. The molecule has 6 nitrogen and oxygen atoms in total. The second-order valence-corrected chi connectivity index (χ2v) is 8.34. The van der Waals surface area contributed by atoms with E-state index in [1.807, 2.05) is 30.3 Å². The Bertz CT molecular complexity index is 1380. The van der Waals surface area contributed by atoms with Gasteiger partial charge in [-0.2, -0.15) is 4.98 Å². The summed E-state index contributed by atoms with van der Waals surface area (Å²) in [6.07, 6.45) is 2.48. The molecule has 2 aromatic carbocycles. The van der Waals surface area contributed by atoms with Crippen LogP contribution in [-0.4, -0.2) is 24.3 Å². The van der Waals surface area contributed by atoms with Gasteiger partial charge >= 0.3 is 0 Å². The van der Waals surface area contributed by atoms with Crippen molar-refractivity contribution in [3.8, 4) is 0 Å². The van der Waals surface area contributed by atoms with Crippen LogP contribution < -0.4 is 9.86 Å². The molecule has 0 aliphatic carbocycles. The van der Waals surface area contributed by atoms with Gasteiger partial charge in [-0.3, -0.25) is 9.10 Å². The Morgan fingerprint density at radius 2 is 1.78 bits per heavy atom. The van der Waals surface area contributed by atoms with Gasteiger partial charge in [0.05, 0.1) is 21.5 Å². The SMILES string of the molecule is O=c1nc2ccccn2c2ccc(S(=O)(=O)N3CCc4ccccc43)cc12. The number of pyridine rings is 1. The second-order valence-electron chi connectivity index (χ2n) is 6.48. The molecule has 2 aromatic heterocycles. The van der Waals surface area contributed by atoms with Gasteiger partial charge in [-0.1, -0.05) is 24.3 Å². The van der Waals surface area contributed by atoms with Crippen LogP contribution in [0.2, 0.25) is 0 Å². The van der Waals surface area contributed by atoms with Crippen LogP contribution >= 0.6 is 0 Å². The van der Waals surface area contributed by atoms with Gasteiger partial charge in [0.15, 0.2) is 0 Å². The van der Waals surface area contributed by atoms with Crippen molar-refractivity contribution in [2.45, 2.75) is 11.3 Å². The number of nitrogens with zero attached hydrogens (tertiary/aromatic N) is 3. The molecule has 4 aromatic rings. The summed E-state index contributed by atoms with van der Waals surface area (Å²) in [6, 6.07) is 17.5. The molecule has 1 aliphatic heterocycles. The third-order valence-electron chi connectivity index (χ3n) is 4.94. The number of para-hydroxylation sites is 1. The monoisotopic (exact) mass is 377 g/mol. The molecule has 0 unspecified atom stereocenters. The number of benzene rings is 2. The number of fused-ring (bicyclic) bond motifs is 4. The Balaban J connectivity index is 1.71. The number of hydrogen-bond donors (Lipinski definition) is 0. The Hall–Kier alpha value is -3.19. The first-order valence-electron chi connectivity index (χ1n) is 8.57. The van der Waals surface area contributed by atoms with Crippen molar-refractivity contribution in [1.82, 2.24) is 9.38 Å². The van der Waals surface area contributed by atoms with Gasteiger partial charge in [0.25, 0.3) is 15.6 Å². The van der Waals surface area contributed by atoms with Crippen LogP contribution in [0.3, 0.4) is 0 Å². The summed E-state index contributed by atoms with van der Waals surface area (Å²) in [5.74, 6) is 0. The first kappa shape index (κ1) is 16.0. The second kappa shape index (κ2) is 5.65. The highest BCUT2D eigenvalue weighted by Crippen LogP contribution is 2.33. The summed E-state index contributed by atoms with van der Waals surface area (Å²) < 4.78 is 29.6. The van der Waals surface area contributed by atoms with Gasteiger partial charge in [-0.25, -0.2) is 8.42 Å². The number of sulfonamides is 1. The van der Waals surface area contributed by atoms with E-state index in [4.69, 9.17) is 0 Å². The molecule has 0 amide bonds. The van der Waals surface area contributed by atoms with Gasteiger partial charge in [-0.05, 0) is 48.4 Å². The van der Waals surface area contributed by atoms with E-state index in [9.17, 15) is 13.2 Å². The minimum Gasteiger partial charge on any atom is -0.301 e. The molecule has 5 rings (SSSR count). The quantitative estimate of drug-likeness (QED) is 0.504. The maximum absolute atomic E-state index is 13.2. The zero-order valence-corrected chi connectivity index (χ0v) is 15.1. The molecule has 7 heteroatoms. The van der Waals surface area contributed by atoms with E-state index < -0.39 is 15.6 Å². The van der Waals surface area contributed by atoms with Gasteiger partial charge in [0, 0.05) is 12.7 Å². The van der Waals surface area contributed by atoms with E-state index in [0.29, 0.717) is 29.8 Å². The molecule has 0 saturated heterocycles. The summed E-state index contributed by atoms with van der Waals surface area (Å²) in [6.45, 7) is 0.397. The summed E-state index contributed by atoms with van der Waals surface area (Å²) in [4.78, 5) is 16.6. The summed E-state index contributed by atoms with van der Waals surface area (Å²) in [7, 11) is -3.76. The molecule has 1 aliphatic rings. The molecule has 0 atom stereocenters. The third-order valence-corrected chi connectivity index (χ3v) is 6.75. The molecule has 0 spiro atoms. The molecule has 27 heavy (non-hydrogen) atoms. The van der Waals surface area contributed by atoms with E-state index in [-0.39, 0.29) is 10.3 Å². The van der Waals surface area contributed by atoms with Gasteiger partial charge in [0.1, 0.15) is 5.65 Å². The maximum atomic E-state index is 13.2. The highest BCUT2D eigenvalue weighted by molar-refractivity contribution is 7.92. The van der Waals surface area contributed by atoms with Crippen molar-refractivity contribution in [1.29, 1.82) is 0 Å². The van der Waals surface area contributed by atoms with Crippen LogP contribution in [0.4, 0.5) is 5.69 Å². The number of rotatable bonds is 2. The van der Waals surface area contributed by atoms with Crippen molar-refractivity contribution in [3.05, 3.63) is 82.8 Å². The lowest BCUT2D eigenvalue weighted by atomic mass is 10.2. The van der Waals surface area contributed by atoms with Gasteiger partial charge in [0.2, 0.25) is 0 Å². The first-order chi connectivity index (χ1) is 13.1. The van der Waals surface area contributed by atoms with Crippen molar-refractivity contribution in [2.24, 2.45) is 0 Å². The Labute approximate surface area is 155 Å². The summed E-state index contributed by atoms with van der Waals surface area (Å²) in [5.41, 5.74) is 2.43. The van der Waals surface area contributed by atoms with Crippen LogP contribution in [0.5, 0.6) is 0 Å². The largest absolute Gasteiger partial charge is 0.301 e. The summed E-state index contributed by atoms with van der Waals surface area (Å²) >= 11 is 0. The zero-order chi connectivity index (χ0) is 18.6. The minimum absolute atomic E-state index is 0.0986. The predicted octanol–water partition coefficient (Wildman–Crippen LogP) is 2.60. The van der Waals surface area contributed by atoms with Crippen LogP contribution in [0.1, 0.15) is 5.56 Å². The van der Waals surface area contributed by atoms with Crippen molar-refractivity contribution >= 4 is 32.3 Å². The van der Waals surface area contributed by atoms with E-state index in [1.54, 1.807) is 34.9 Å². The molecule has 134 valence electrons. The van der Waals surface area contributed by atoms with Crippen molar-refractivity contribution < 1.29 is 8.42 Å². The zero-order valence-electron chi connectivity index (χ0n) is 14.2. The lowest BCUT2D eigenvalue weighted by Crippen LogP contribution is -2.29. The topological polar surface area (TPSA) is 71.8 Å². The molecule has 0 N–H and O–H groups in total. The van der Waals surface area contributed by atoms with Crippen LogP contribution in [-0.2, 0) is 16.4 Å². The Morgan fingerprint density at radius 3 is 2.67 bits per heavy atom. The molecule has 0 saturated carbocycles. The molecular formula is C20H15N3O3S. The normalized spacial score (nSPS) is 14.0. The lowest BCUT2D eigenvalue weighted by Gasteiger charge is -2.19. The van der Waals surface area contributed by atoms with Crippen molar-refractivity contribution in [2.75, 3.05) is 10.8 Å². The molecule has 0 bridgehead atoms. The average molecular weight is 377 g/mol. The Kier molecular flexibility index (Phi) is 3.35. The van der Waals surface area contributed by atoms with Crippen molar-refractivity contribution in [3.63, 3.8) is 0 Å². The van der Waals surface area contributed by atoms with Gasteiger partial charge in [-0.15, -0.1) is 0 Å². The standard InChI is InChI=1S/C20H15N3O3S/c24-20-16-13-15(8-9-18(16)22-11-4-3-7-19(22)21-20)27(25,26)23-12-10-14-5-1-2-6-17(14)23/h1-9,11,13H,10,12H2. The highest BCUT2D eigenvalue weighted by atomic mass is 32.2. The molecule has 0 fully saturated rings. The number of aromatic nitrogens is 2. The van der Waals surface area contributed by atoms with Crippen LogP contribution in [0, 0.1) is 0 Å². The summed E-state index contributed by atoms with van der Waals surface area (Å²) in [5, 5.41) is 0.284. The highest BCUT2D eigenvalue weighted by Gasteiger charge is 2.30. The molecule has 3 heterocycles. The third kappa shape index (κ3) is 2.35. The van der Waals surface area contributed by atoms with E-state index in [0.717, 1.165) is 5.56 Å². The van der Waals surface area contributed by atoms with E-state index >= 15 is 0 Å². The van der Waals surface area contributed by atoms with Gasteiger partial charge < -0.3 is 4.40 Å². The number of anilines is 1. The van der Waals surface area contributed by atoms with Crippen LogP contribution in [0.25, 0.3) is 16.6 Å². The Morgan fingerprint density at radius 1 is 0.963 bits per heavy atom. The fraction of sp³-hybridized carbons (Fsp3) is 0.100. The van der Waals surface area contributed by atoms with E-state index in [2.05, 4.69) is 4.98 Å². The minimum atomic E-state index is -3.76. The van der Waals surface area contributed by atoms with E-state index in [1.165, 1.54) is 10.4 Å². The molecule has 0 radical (unpaired) electrons. The smallest absolute Gasteiger partial charge is 0.281 e. The first-order valence-corrected chi connectivity index (χ1v) is 10.0. The predicted molar refractivity (Wildman–Crippen MR) is 104 cm³/mol. The average Bonchev–Trinajstić information content (AvgIpc) is 3.13. The molecular weight excluding hydrogens is 362 g/mol. The van der Waals surface area contributed by atoms with Crippen LogP contribution in [0.15, 0.2) is 76.6 Å². The number of hydrogen-bond acceptors (Lipinski definition) is 4. The lowest BCUT2D eigenvalue weighted by molar-refractivity contribution is 0.592. The maximum Gasteiger partial charge on any atom is 0.281 e. The fourth-order valence-electron chi connectivity index (χ4n) is 3.64.